The van der Waals surface area contributed by atoms with E-state index in [1.165, 1.54) is 7.11 Å². The molecule has 0 aromatic heterocycles. The second-order valence-electron chi connectivity index (χ2n) is 3.91. The third-order valence-corrected chi connectivity index (χ3v) is 3.09. The molecule has 0 spiro atoms. The molecular formula is C9H16FNO7S. The maximum absolute atomic E-state index is 12.3. The van der Waals surface area contributed by atoms with Crippen LogP contribution in [0.5, 0.6) is 0 Å². The van der Waals surface area contributed by atoms with E-state index in [1.54, 1.807) is 0 Å². The van der Waals surface area contributed by atoms with Gasteiger partial charge >= 0.3 is 10.2 Å². The van der Waals surface area contributed by atoms with Gasteiger partial charge < -0.3 is 30.1 Å². The number of ether oxygens (including phenoxy) is 2. The molecule has 0 aliphatic carbocycles. The summed E-state index contributed by atoms with van der Waals surface area (Å²) >= 11 is 0. The molecule has 1 fully saturated rings. The van der Waals surface area contributed by atoms with E-state index in [1.807, 2.05) is 0 Å². The van der Waals surface area contributed by atoms with Crippen molar-refractivity contribution in [1.82, 2.24) is 5.32 Å². The van der Waals surface area contributed by atoms with Gasteiger partial charge in [-0.2, -0.15) is 8.42 Å². The Morgan fingerprint density at radius 2 is 2.05 bits per heavy atom. The number of hydrogen-bond acceptors (Lipinski definition) is 8. The Morgan fingerprint density at radius 1 is 1.42 bits per heavy atom. The van der Waals surface area contributed by atoms with E-state index in [0.29, 0.717) is 0 Å². The van der Waals surface area contributed by atoms with E-state index in [-0.39, 0.29) is 5.41 Å². The van der Waals surface area contributed by atoms with Crippen molar-refractivity contribution in [1.29, 1.82) is 0 Å². The van der Waals surface area contributed by atoms with Crippen molar-refractivity contribution in [3.8, 4) is 0 Å². The van der Waals surface area contributed by atoms with Gasteiger partial charge in [-0.05, 0) is 0 Å². The zero-order valence-electron chi connectivity index (χ0n) is 10.0. The van der Waals surface area contributed by atoms with Gasteiger partial charge in [0.2, 0.25) is 0 Å². The number of rotatable bonds is 5. The number of hydrogen-bond donors (Lipinski definition) is 4. The molecule has 19 heavy (non-hydrogen) atoms. The maximum Gasteiger partial charge on any atom is 0.326 e. The van der Waals surface area contributed by atoms with Gasteiger partial charge in [-0.25, -0.2) is 0 Å². The molecular weight excluding hydrogens is 285 g/mol. The van der Waals surface area contributed by atoms with E-state index < -0.39 is 47.5 Å². The Kier molecular flexibility index (Phi) is 5.64. The molecule has 0 unspecified atom stereocenters. The van der Waals surface area contributed by atoms with Gasteiger partial charge in [0, 0.05) is 13.3 Å². The van der Waals surface area contributed by atoms with E-state index in [9.17, 15) is 22.5 Å². The molecule has 0 saturated carbocycles. The van der Waals surface area contributed by atoms with Crippen molar-refractivity contribution in [2.45, 2.75) is 30.6 Å². The summed E-state index contributed by atoms with van der Waals surface area (Å²) in [6, 6.07) is -1.03. The topological polar surface area (TPSA) is 125 Å². The van der Waals surface area contributed by atoms with Gasteiger partial charge in [0.05, 0.1) is 12.0 Å². The molecule has 0 amide bonds. The minimum Gasteiger partial charge on any atom is -0.394 e. The zero-order valence-corrected chi connectivity index (χ0v) is 10.8. The molecule has 1 aliphatic heterocycles. The summed E-state index contributed by atoms with van der Waals surface area (Å²) in [6.07, 6.45) is -4.13. The van der Waals surface area contributed by atoms with Crippen molar-refractivity contribution >= 4 is 10.2 Å². The van der Waals surface area contributed by atoms with Crippen molar-refractivity contribution in [2.24, 2.45) is 0 Å². The quantitative estimate of drug-likeness (QED) is 0.422. The number of methoxy groups -OCH3 is 1. The fourth-order valence-electron chi connectivity index (χ4n) is 1.69. The predicted octanol–water partition coefficient (Wildman–Crippen LogP) is -2.20. The summed E-state index contributed by atoms with van der Waals surface area (Å²) in [5.41, 5.74) is 0. The Morgan fingerprint density at radius 3 is 2.53 bits per heavy atom. The molecule has 0 aromatic rings. The first-order valence-corrected chi connectivity index (χ1v) is 6.77. The highest BCUT2D eigenvalue weighted by Crippen LogP contribution is 2.21. The molecule has 8 nitrogen and oxygen atoms in total. The molecule has 1 saturated heterocycles. The maximum atomic E-state index is 12.3. The summed E-state index contributed by atoms with van der Waals surface area (Å²) in [5, 5.41) is 31.0. The Balaban J connectivity index is 2.77. The van der Waals surface area contributed by atoms with Crippen molar-refractivity contribution < 1.29 is 37.1 Å². The summed E-state index contributed by atoms with van der Waals surface area (Å²) in [5.74, 6) is 0. The van der Waals surface area contributed by atoms with E-state index in [2.05, 4.69) is 5.32 Å². The van der Waals surface area contributed by atoms with Gasteiger partial charge in [0.1, 0.15) is 24.4 Å². The molecule has 1 aliphatic rings. The molecule has 1 rings (SSSR count). The molecule has 10 heteroatoms. The lowest BCUT2D eigenvalue weighted by Crippen LogP contribution is -2.62. The normalized spacial score (nSPS) is 36.6. The standard InChI is InChI=1S/C9H16FNO7S/c1-17-9-6(11-2-3-19(10,15)16)8(14)7(13)5(4-12)18-9/h2-3,5-9,11-14H,4H2,1H3/b3-2+/t5-,6-,7+,8-,9-/m1/s1. The molecule has 4 N–H and O–H groups in total. The van der Waals surface area contributed by atoms with Crippen LogP contribution in [0.15, 0.2) is 11.6 Å². The summed E-state index contributed by atoms with van der Waals surface area (Å²) < 4.78 is 42.8. The minimum absolute atomic E-state index is 0.247. The van der Waals surface area contributed by atoms with Crippen LogP contribution in [0.3, 0.4) is 0 Å². The van der Waals surface area contributed by atoms with E-state index in [0.717, 1.165) is 6.20 Å². The van der Waals surface area contributed by atoms with Crippen molar-refractivity contribution in [3.63, 3.8) is 0 Å². The first-order chi connectivity index (χ1) is 8.80. The third-order valence-electron chi connectivity index (χ3n) is 2.63. The number of aliphatic hydroxyl groups is 3. The monoisotopic (exact) mass is 301 g/mol. The summed E-state index contributed by atoms with van der Waals surface area (Å²) in [7, 11) is -3.55. The van der Waals surface area contributed by atoms with Crippen LogP contribution in [0.25, 0.3) is 0 Å². The van der Waals surface area contributed by atoms with Crippen LogP contribution in [-0.4, -0.2) is 68.1 Å². The van der Waals surface area contributed by atoms with Gasteiger partial charge in [0.25, 0.3) is 0 Å². The lowest BCUT2D eigenvalue weighted by molar-refractivity contribution is -0.261. The highest BCUT2D eigenvalue weighted by Gasteiger charge is 2.44. The summed E-state index contributed by atoms with van der Waals surface area (Å²) in [6.45, 7) is -0.528. The molecule has 112 valence electrons. The zero-order chi connectivity index (χ0) is 14.6. The molecule has 1 heterocycles. The highest BCUT2D eigenvalue weighted by molar-refractivity contribution is 7.89. The molecule has 0 aromatic carbocycles. The van der Waals surface area contributed by atoms with Crippen LogP contribution in [0, 0.1) is 0 Å². The average molecular weight is 301 g/mol. The fraction of sp³-hybridized carbons (Fsp3) is 0.778. The van der Waals surface area contributed by atoms with Gasteiger partial charge in [-0.3, -0.25) is 0 Å². The van der Waals surface area contributed by atoms with Crippen LogP contribution >= 0.6 is 0 Å². The minimum atomic E-state index is -4.80. The van der Waals surface area contributed by atoms with Crippen molar-refractivity contribution in [2.75, 3.05) is 13.7 Å². The Labute approximate surface area is 109 Å². The number of aliphatic hydroxyl groups excluding tert-OH is 3. The lowest BCUT2D eigenvalue weighted by Gasteiger charge is -2.41. The first-order valence-electron chi connectivity index (χ1n) is 5.32. The number of halogens is 1. The van der Waals surface area contributed by atoms with Crippen LogP contribution in [0.2, 0.25) is 0 Å². The molecule has 0 radical (unpaired) electrons. The number of nitrogens with one attached hydrogen (secondary N) is 1. The Hall–Kier alpha value is -0.780. The largest absolute Gasteiger partial charge is 0.394 e. The SMILES string of the molecule is CO[C@@H]1O[C@H](CO)[C@H](O)[C@H](O)[C@H]1N/C=C/S(=O)(=O)F. The fourth-order valence-corrected chi connectivity index (χ4v) is 1.93. The third kappa shape index (κ3) is 4.37. The Bertz CT molecular complexity index is 413. The van der Waals surface area contributed by atoms with E-state index in [4.69, 9.17) is 14.6 Å². The van der Waals surface area contributed by atoms with Crippen LogP contribution in [-0.2, 0) is 19.7 Å². The smallest absolute Gasteiger partial charge is 0.326 e. The predicted molar refractivity (Wildman–Crippen MR) is 60.9 cm³/mol. The lowest BCUT2D eigenvalue weighted by atomic mass is 9.97. The second kappa shape index (κ2) is 6.59. The average Bonchev–Trinajstić information content (AvgIpc) is 2.33. The first kappa shape index (κ1) is 16.3. The van der Waals surface area contributed by atoms with Crippen LogP contribution < -0.4 is 5.32 Å². The van der Waals surface area contributed by atoms with E-state index >= 15 is 0 Å². The second-order valence-corrected chi connectivity index (χ2v) is 5.14. The van der Waals surface area contributed by atoms with Crippen molar-refractivity contribution in [3.05, 3.63) is 11.6 Å². The van der Waals surface area contributed by atoms with Gasteiger partial charge in [-0.15, -0.1) is 3.89 Å². The van der Waals surface area contributed by atoms with Gasteiger partial charge in [0.15, 0.2) is 6.29 Å². The molecule has 5 atom stereocenters. The van der Waals surface area contributed by atoms with Crippen LogP contribution in [0.4, 0.5) is 3.89 Å². The van der Waals surface area contributed by atoms with Crippen LogP contribution in [0.1, 0.15) is 0 Å². The molecule has 0 bridgehead atoms. The summed E-state index contributed by atoms with van der Waals surface area (Å²) in [4.78, 5) is 0. The highest BCUT2D eigenvalue weighted by atomic mass is 32.3. The van der Waals surface area contributed by atoms with Gasteiger partial charge in [-0.1, -0.05) is 0 Å².